The summed E-state index contributed by atoms with van der Waals surface area (Å²) in [5.41, 5.74) is 1.53. The molecule has 2 heterocycles. The molecule has 4 N–H and O–H groups in total. The van der Waals surface area contributed by atoms with Crippen molar-refractivity contribution >= 4 is 56.0 Å². The Morgan fingerprint density at radius 1 is 0.914 bits per heavy atom. The maximum atomic E-state index is 14.5. The smallest absolute Gasteiger partial charge is 0.276 e. The molecule has 14 nitrogen and oxygen atoms in total. The van der Waals surface area contributed by atoms with Gasteiger partial charge >= 0.3 is 0 Å². The first-order valence-electron chi connectivity index (χ1n) is 18.7. The van der Waals surface area contributed by atoms with E-state index in [1.165, 1.54) is 39.9 Å². The molecule has 0 saturated heterocycles. The Hall–Kier alpha value is -5.61. The maximum absolute atomic E-state index is 14.5. The summed E-state index contributed by atoms with van der Waals surface area (Å²) in [7, 11) is -4.33. The van der Waals surface area contributed by atoms with Crippen LogP contribution in [0, 0.1) is 6.92 Å². The van der Waals surface area contributed by atoms with Gasteiger partial charge in [0.15, 0.2) is 5.69 Å². The number of nitrogens with zero attached hydrogens (tertiary/aromatic N) is 4. The predicted molar refractivity (Wildman–Crippen MR) is 218 cm³/mol. The highest BCUT2D eigenvalue weighted by atomic mass is 35.5. The van der Waals surface area contributed by atoms with Crippen molar-refractivity contribution in [2.75, 3.05) is 26.3 Å². The summed E-state index contributed by atoms with van der Waals surface area (Å²) in [4.78, 5) is 58.0. The van der Waals surface area contributed by atoms with Gasteiger partial charge in [0.1, 0.15) is 0 Å². The van der Waals surface area contributed by atoms with Gasteiger partial charge in [-0.2, -0.15) is 5.10 Å². The Bertz CT molecular complexity index is 2510. The predicted octanol–water partition coefficient (Wildman–Crippen LogP) is 4.40. The van der Waals surface area contributed by atoms with Crippen molar-refractivity contribution in [1.29, 1.82) is 0 Å². The zero-order valence-corrected chi connectivity index (χ0v) is 34.1. The fourth-order valence-corrected chi connectivity index (χ4v) is 8.04. The van der Waals surface area contributed by atoms with Gasteiger partial charge < -0.3 is 25.3 Å². The van der Waals surface area contributed by atoms with Crippen molar-refractivity contribution in [1.82, 2.24) is 29.6 Å². The fourth-order valence-electron chi connectivity index (χ4n) is 6.83. The van der Waals surface area contributed by atoms with Crippen LogP contribution in [-0.2, 0) is 27.8 Å². The molecule has 304 valence electrons. The number of benzene rings is 4. The van der Waals surface area contributed by atoms with Gasteiger partial charge in [-0.1, -0.05) is 66.2 Å². The van der Waals surface area contributed by atoms with E-state index in [0.717, 1.165) is 16.5 Å². The average Bonchev–Trinajstić information content (AvgIpc) is 3.50. The van der Waals surface area contributed by atoms with Gasteiger partial charge in [0.25, 0.3) is 27.7 Å². The SMILES string of the molecule is Cc1c(Cl)c(C(=O)N(CCC(=O)NC(CO)CO)C(C)(C)C)nn1-c1ccc(C(=O)NS(=O)(=O)c2ccc3ccccc3c2)cc1C(=O)N1CCc2ccccc2C1. The van der Waals surface area contributed by atoms with E-state index in [-0.39, 0.29) is 51.9 Å². The van der Waals surface area contributed by atoms with E-state index in [4.69, 9.17) is 11.6 Å². The van der Waals surface area contributed by atoms with Crippen LogP contribution in [0.1, 0.15) is 75.2 Å². The lowest BCUT2D eigenvalue weighted by Gasteiger charge is -2.35. The Labute approximate surface area is 341 Å². The molecular weight excluding hydrogens is 784 g/mol. The Balaban J connectivity index is 1.35. The van der Waals surface area contributed by atoms with Crippen molar-refractivity contribution in [3.05, 3.63) is 124 Å². The number of carbonyl (C=O) groups is 4. The van der Waals surface area contributed by atoms with Crippen molar-refractivity contribution in [3.8, 4) is 5.69 Å². The Morgan fingerprint density at radius 2 is 1.59 bits per heavy atom. The minimum absolute atomic E-state index is 0.00192. The number of aromatic nitrogens is 2. The van der Waals surface area contributed by atoms with Crippen molar-refractivity contribution in [2.45, 2.75) is 63.6 Å². The summed E-state index contributed by atoms with van der Waals surface area (Å²) < 4.78 is 30.4. The summed E-state index contributed by atoms with van der Waals surface area (Å²) in [5, 5.41) is 27.3. The number of nitrogens with one attached hydrogen (secondary N) is 2. The van der Waals surface area contributed by atoms with Gasteiger partial charge in [-0.05, 0) is 86.3 Å². The van der Waals surface area contributed by atoms with Gasteiger partial charge in [0, 0.05) is 37.2 Å². The molecule has 0 radical (unpaired) electrons. The van der Waals surface area contributed by atoms with Crippen LogP contribution in [0.4, 0.5) is 0 Å². The Kier molecular flexibility index (Phi) is 12.4. The molecule has 4 aromatic carbocycles. The second-order valence-electron chi connectivity index (χ2n) is 15.1. The lowest BCUT2D eigenvalue weighted by molar-refractivity contribution is -0.122. The minimum Gasteiger partial charge on any atom is -0.394 e. The zero-order chi connectivity index (χ0) is 41.9. The molecule has 5 aromatic rings. The highest BCUT2D eigenvalue weighted by Gasteiger charge is 2.34. The average molecular weight is 829 g/mol. The molecule has 1 aliphatic heterocycles. The second kappa shape index (κ2) is 17.1. The van der Waals surface area contributed by atoms with Crippen LogP contribution in [0.3, 0.4) is 0 Å². The van der Waals surface area contributed by atoms with Crippen LogP contribution >= 0.6 is 11.6 Å². The maximum Gasteiger partial charge on any atom is 0.276 e. The van der Waals surface area contributed by atoms with E-state index in [0.29, 0.717) is 24.0 Å². The lowest BCUT2D eigenvalue weighted by atomic mass is 9.98. The van der Waals surface area contributed by atoms with Crippen LogP contribution in [0.2, 0.25) is 5.02 Å². The summed E-state index contributed by atoms with van der Waals surface area (Å²) in [6.45, 7) is 6.65. The van der Waals surface area contributed by atoms with Crippen molar-refractivity contribution < 1.29 is 37.8 Å². The van der Waals surface area contributed by atoms with Gasteiger partial charge in [0.05, 0.1) is 46.1 Å². The molecule has 0 fully saturated rings. The number of fused-ring (bicyclic) bond motifs is 2. The molecular formula is C42H45ClN6O8S. The van der Waals surface area contributed by atoms with E-state index >= 15 is 0 Å². The summed E-state index contributed by atoms with van der Waals surface area (Å²) in [6, 6.07) is 22.8. The third-order valence-electron chi connectivity index (χ3n) is 10.1. The van der Waals surface area contributed by atoms with Crippen LogP contribution < -0.4 is 10.0 Å². The number of aliphatic hydroxyl groups is 2. The van der Waals surface area contributed by atoms with E-state index in [2.05, 4.69) is 15.1 Å². The number of rotatable bonds is 12. The van der Waals surface area contributed by atoms with E-state index in [1.807, 2.05) is 36.4 Å². The molecule has 0 atom stereocenters. The molecule has 6 rings (SSSR count). The molecule has 0 spiro atoms. The van der Waals surface area contributed by atoms with Gasteiger partial charge in [-0.15, -0.1) is 0 Å². The van der Waals surface area contributed by atoms with Crippen molar-refractivity contribution in [2.24, 2.45) is 0 Å². The molecule has 0 aliphatic carbocycles. The standard InChI is InChI=1S/C42H45ClN6O8S/c1-26-37(43)38(41(55)48(42(2,3)4)20-18-36(52)44-32(24-50)25-51)45-49(26)35-16-14-30(22-34(35)40(54)47-19-17-28-10-6-8-12-31(28)23-47)39(53)46-58(56,57)33-15-13-27-9-5-7-11-29(27)21-33/h5-16,21-22,32,50-51H,17-20,23-25H2,1-4H3,(H,44,52)(H,46,53). The van der Waals surface area contributed by atoms with E-state index in [1.54, 1.807) is 50.8 Å². The first-order valence-corrected chi connectivity index (χ1v) is 20.5. The lowest BCUT2D eigenvalue weighted by Crippen LogP contribution is -2.48. The van der Waals surface area contributed by atoms with Gasteiger partial charge in [-0.25, -0.2) is 17.8 Å². The van der Waals surface area contributed by atoms with Gasteiger partial charge in [-0.3, -0.25) is 19.2 Å². The fraction of sp³-hybridized carbons (Fsp3) is 0.310. The monoisotopic (exact) mass is 828 g/mol. The summed E-state index contributed by atoms with van der Waals surface area (Å²) in [5.74, 6) is -2.50. The number of amides is 4. The molecule has 1 aromatic heterocycles. The number of aliphatic hydroxyl groups excluding tert-OH is 2. The number of hydrogen-bond donors (Lipinski definition) is 4. The van der Waals surface area contributed by atoms with Crippen LogP contribution in [0.5, 0.6) is 0 Å². The molecule has 0 unspecified atom stereocenters. The van der Waals surface area contributed by atoms with E-state index in [9.17, 15) is 37.8 Å². The molecule has 1 aliphatic rings. The number of hydrogen-bond acceptors (Lipinski definition) is 9. The second-order valence-corrected chi connectivity index (χ2v) is 17.1. The van der Waals surface area contributed by atoms with Crippen LogP contribution in [0.25, 0.3) is 16.5 Å². The zero-order valence-electron chi connectivity index (χ0n) is 32.5. The van der Waals surface area contributed by atoms with E-state index < -0.39 is 58.4 Å². The number of halogens is 1. The molecule has 0 bridgehead atoms. The van der Waals surface area contributed by atoms with Crippen LogP contribution in [-0.4, -0.2) is 99.7 Å². The molecule has 0 saturated carbocycles. The van der Waals surface area contributed by atoms with Crippen LogP contribution in [0.15, 0.2) is 89.8 Å². The quantitative estimate of drug-likeness (QED) is 0.141. The van der Waals surface area contributed by atoms with Crippen molar-refractivity contribution in [3.63, 3.8) is 0 Å². The minimum atomic E-state index is -4.33. The summed E-state index contributed by atoms with van der Waals surface area (Å²) in [6.07, 6.45) is 0.447. The normalized spacial score (nSPS) is 13.0. The number of carbonyl (C=O) groups excluding carboxylic acids is 4. The third kappa shape index (κ3) is 8.92. The molecule has 58 heavy (non-hydrogen) atoms. The van der Waals surface area contributed by atoms with Gasteiger partial charge in [0.2, 0.25) is 5.91 Å². The third-order valence-corrected chi connectivity index (χ3v) is 11.8. The largest absolute Gasteiger partial charge is 0.394 e. The first-order chi connectivity index (χ1) is 27.5. The number of sulfonamides is 1. The first kappa shape index (κ1) is 42.0. The highest BCUT2D eigenvalue weighted by molar-refractivity contribution is 7.90. The summed E-state index contributed by atoms with van der Waals surface area (Å²) >= 11 is 6.82. The highest BCUT2D eigenvalue weighted by Crippen LogP contribution is 2.30. The molecule has 4 amide bonds. The Morgan fingerprint density at radius 3 is 2.28 bits per heavy atom. The topological polar surface area (TPSA) is 191 Å². The molecule has 16 heteroatoms.